The van der Waals surface area contributed by atoms with Crippen LogP contribution in [0.25, 0.3) is 0 Å². The van der Waals surface area contributed by atoms with Crippen LogP contribution in [-0.2, 0) is 16.1 Å². The second kappa shape index (κ2) is 6.32. The third-order valence-corrected chi connectivity index (χ3v) is 5.00. The standard InChI is InChI=1S/C18H25N3O2/c1-4-15-18(23)21-10-14(8-16(21)17(22)20-15)19-9-13-7-11(2)5-6-12(13)3/h5-7,14-16,19H,4,8-10H2,1-3H3,(H,20,22)/t14-,15-,16-/m0/s1. The highest BCUT2D eigenvalue weighted by atomic mass is 16.2. The number of carbonyl (C=O) groups excluding carboxylic acids is 2. The van der Waals surface area contributed by atoms with Crippen LogP contribution in [0.1, 0.15) is 36.5 Å². The first-order valence-corrected chi connectivity index (χ1v) is 8.40. The van der Waals surface area contributed by atoms with E-state index in [1.54, 1.807) is 4.90 Å². The van der Waals surface area contributed by atoms with Gasteiger partial charge >= 0.3 is 0 Å². The summed E-state index contributed by atoms with van der Waals surface area (Å²) in [7, 11) is 0. The molecule has 3 rings (SSSR count). The maximum absolute atomic E-state index is 12.4. The van der Waals surface area contributed by atoms with Gasteiger partial charge in [-0.3, -0.25) is 9.59 Å². The molecule has 2 saturated heterocycles. The topological polar surface area (TPSA) is 61.4 Å². The van der Waals surface area contributed by atoms with Crippen LogP contribution in [0.5, 0.6) is 0 Å². The van der Waals surface area contributed by atoms with Crippen molar-refractivity contribution >= 4 is 11.8 Å². The molecule has 0 saturated carbocycles. The average molecular weight is 315 g/mol. The number of nitrogens with zero attached hydrogens (tertiary/aromatic N) is 1. The molecule has 0 aliphatic carbocycles. The predicted molar refractivity (Wildman–Crippen MR) is 88.9 cm³/mol. The fraction of sp³-hybridized carbons (Fsp3) is 0.556. The molecular weight excluding hydrogens is 290 g/mol. The highest BCUT2D eigenvalue weighted by Gasteiger charge is 2.45. The van der Waals surface area contributed by atoms with E-state index >= 15 is 0 Å². The molecule has 2 amide bonds. The molecule has 2 fully saturated rings. The van der Waals surface area contributed by atoms with Crippen LogP contribution in [-0.4, -0.2) is 41.4 Å². The Bertz CT molecular complexity index is 629. The van der Waals surface area contributed by atoms with E-state index in [-0.39, 0.29) is 29.9 Å². The van der Waals surface area contributed by atoms with Gasteiger partial charge < -0.3 is 15.5 Å². The summed E-state index contributed by atoms with van der Waals surface area (Å²) in [6.45, 7) is 7.52. The van der Waals surface area contributed by atoms with Crippen LogP contribution in [0, 0.1) is 13.8 Å². The third-order valence-electron chi connectivity index (χ3n) is 5.00. The number of hydrogen-bond donors (Lipinski definition) is 2. The molecule has 23 heavy (non-hydrogen) atoms. The first kappa shape index (κ1) is 16.0. The van der Waals surface area contributed by atoms with Gasteiger partial charge in [0.05, 0.1) is 0 Å². The van der Waals surface area contributed by atoms with E-state index in [4.69, 9.17) is 0 Å². The Kier molecular flexibility index (Phi) is 4.39. The summed E-state index contributed by atoms with van der Waals surface area (Å²) < 4.78 is 0. The molecule has 5 heteroatoms. The summed E-state index contributed by atoms with van der Waals surface area (Å²) in [4.78, 5) is 26.3. The molecule has 124 valence electrons. The average Bonchev–Trinajstić information content (AvgIpc) is 2.97. The molecule has 1 aromatic carbocycles. The summed E-state index contributed by atoms with van der Waals surface area (Å²) in [5, 5.41) is 6.36. The van der Waals surface area contributed by atoms with Crippen LogP contribution in [0.2, 0.25) is 0 Å². The maximum atomic E-state index is 12.4. The van der Waals surface area contributed by atoms with E-state index in [2.05, 4.69) is 42.7 Å². The van der Waals surface area contributed by atoms with Crippen LogP contribution in [0.15, 0.2) is 18.2 Å². The van der Waals surface area contributed by atoms with Gasteiger partial charge in [0.1, 0.15) is 12.1 Å². The second-order valence-electron chi connectivity index (χ2n) is 6.72. The monoisotopic (exact) mass is 315 g/mol. The molecule has 2 aliphatic heterocycles. The third kappa shape index (κ3) is 3.11. The van der Waals surface area contributed by atoms with Crippen molar-refractivity contribution < 1.29 is 9.59 Å². The van der Waals surface area contributed by atoms with Crippen molar-refractivity contribution in [3.63, 3.8) is 0 Å². The quantitative estimate of drug-likeness (QED) is 0.880. The lowest BCUT2D eigenvalue weighted by Crippen LogP contribution is -2.60. The van der Waals surface area contributed by atoms with Crippen molar-refractivity contribution in [2.24, 2.45) is 0 Å². The molecule has 2 heterocycles. The zero-order valence-corrected chi connectivity index (χ0v) is 14.1. The van der Waals surface area contributed by atoms with Gasteiger partial charge in [-0.1, -0.05) is 30.7 Å². The normalized spacial score (nSPS) is 27.1. The lowest BCUT2D eigenvalue weighted by Gasteiger charge is -2.33. The molecule has 3 atom stereocenters. The lowest BCUT2D eigenvalue weighted by atomic mass is 10.0. The summed E-state index contributed by atoms with van der Waals surface area (Å²) >= 11 is 0. The number of amides is 2. The number of benzene rings is 1. The number of aryl methyl sites for hydroxylation is 2. The molecule has 0 aromatic heterocycles. The van der Waals surface area contributed by atoms with E-state index in [1.165, 1.54) is 16.7 Å². The number of hydrogen-bond acceptors (Lipinski definition) is 3. The number of nitrogens with one attached hydrogen (secondary N) is 2. The Morgan fingerprint density at radius 2 is 2.09 bits per heavy atom. The fourth-order valence-electron chi connectivity index (χ4n) is 3.53. The molecule has 0 bridgehead atoms. The molecule has 0 unspecified atom stereocenters. The highest BCUT2D eigenvalue weighted by Crippen LogP contribution is 2.24. The Morgan fingerprint density at radius 3 is 2.83 bits per heavy atom. The Labute approximate surface area is 137 Å². The van der Waals surface area contributed by atoms with Crippen LogP contribution in [0.4, 0.5) is 0 Å². The zero-order valence-electron chi connectivity index (χ0n) is 14.1. The smallest absolute Gasteiger partial charge is 0.245 e. The van der Waals surface area contributed by atoms with Crippen LogP contribution < -0.4 is 10.6 Å². The number of carbonyl (C=O) groups is 2. The summed E-state index contributed by atoms with van der Waals surface area (Å²) in [6, 6.07) is 5.95. The summed E-state index contributed by atoms with van der Waals surface area (Å²) in [5.41, 5.74) is 3.78. The van der Waals surface area contributed by atoms with Crippen LogP contribution in [0.3, 0.4) is 0 Å². The van der Waals surface area contributed by atoms with E-state index in [1.807, 2.05) is 6.92 Å². The minimum atomic E-state index is -0.350. The van der Waals surface area contributed by atoms with Gasteiger partial charge in [0.15, 0.2) is 0 Å². The fourth-order valence-corrected chi connectivity index (χ4v) is 3.53. The first-order chi connectivity index (χ1) is 11.0. The van der Waals surface area contributed by atoms with Gasteiger partial charge in [0.2, 0.25) is 11.8 Å². The predicted octanol–water partition coefficient (Wildman–Crippen LogP) is 1.27. The second-order valence-corrected chi connectivity index (χ2v) is 6.72. The summed E-state index contributed by atoms with van der Waals surface area (Å²) in [6.07, 6.45) is 1.34. The van der Waals surface area contributed by atoms with Gasteiger partial charge in [0, 0.05) is 19.1 Å². The van der Waals surface area contributed by atoms with Crippen molar-refractivity contribution in [1.29, 1.82) is 0 Å². The van der Waals surface area contributed by atoms with Crippen molar-refractivity contribution in [1.82, 2.24) is 15.5 Å². The molecule has 1 aromatic rings. The maximum Gasteiger partial charge on any atom is 0.245 e. The van der Waals surface area contributed by atoms with Gasteiger partial charge in [-0.2, -0.15) is 0 Å². The largest absolute Gasteiger partial charge is 0.343 e. The van der Waals surface area contributed by atoms with Gasteiger partial charge in [-0.05, 0) is 37.8 Å². The van der Waals surface area contributed by atoms with E-state index in [9.17, 15) is 9.59 Å². The SMILES string of the molecule is CC[C@@H]1NC(=O)[C@@H]2C[C@H](NCc3cc(C)ccc3C)CN2C1=O. The van der Waals surface area contributed by atoms with Gasteiger partial charge in [-0.15, -0.1) is 0 Å². The van der Waals surface area contributed by atoms with Crippen molar-refractivity contribution in [3.05, 3.63) is 34.9 Å². The van der Waals surface area contributed by atoms with Crippen LogP contribution >= 0.6 is 0 Å². The molecule has 0 radical (unpaired) electrons. The minimum Gasteiger partial charge on any atom is -0.343 e. The van der Waals surface area contributed by atoms with E-state index in [0.29, 0.717) is 19.4 Å². The minimum absolute atomic E-state index is 0.00696. The number of piperazine rings is 1. The molecule has 0 spiro atoms. The van der Waals surface area contributed by atoms with Gasteiger partial charge in [0.25, 0.3) is 0 Å². The highest BCUT2D eigenvalue weighted by molar-refractivity contribution is 5.97. The van der Waals surface area contributed by atoms with Crippen molar-refractivity contribution in [2.75, 3.05) is 6.54 Å². The molecule has 5 nitrogen and oxygen atoms in total. The first-order valence-electron chi connectivity index (χ1n) is 8.40. The zero-order chi connectivity index (χ0) is 16.6. The molecule has 2 aliphatic rings. The van der Waals surface area contributed by atoms with E-state index < -0.39 is 0 Å². The Hall–Kier alpha value is -1.88. The van der Waals surface area contributed by atoms with E-state index in [0.717, 1.165) is 6.54 Å². The summed E-state index contributed by atoms with van der Waals surface area (Å²) in [5.74, 6) is 0.0561. The molecule has 2 N–H and O–H groups in total. The molecular formula is C18H25N3O2. The number of fused-ring (bicyclic) bond motifs is 1. The lowest BCUT2D eigenvalue weighted by molar-refractivity contribution is -0.147. The Morgan fingerprint density at radius 1 is 1.30 bits per heavy atom. The Balaban J connectivity index is 1.64. The van der Waals surface area contributed by atoms with Gasteiger partial charge in [-0.25, -0.2) is 0 Å². The van der Waals surface area contributed by atoms with Crippen molar-refractivity contribution in [3.8, 4) is 0 Å². The van der Waals surface area contributed by atoms with Crippen molar-refractivity contribution in [2.45, 2.75) is 58.3 Å². The number of rotatable bonds is 4.